The Morgan fingerprint density at radius 3 is 2.82 bits per heavy atom. The number of carbonyl (C=O) groups excluding carboxylic acids is 1. The fourth-order valence-corrected chi connectivity index (χ4v) is 3.49. The largest absolute Gasteiger partial charge is 0.337 e. The van der Waals surface area contributed by atoms with E-state index < -0.39 is 0 Å². The fraction of sp³-hybridized carbons (Fsp3) is 0.333. The van der Waals surface area contributed by atoms with Crippen LogP contribution in [0.15, 0.2) is 59.3 Å². The number of nitrogens with zero attached hydrogens (tertiary/aromatic N) is 5. The minimum atomic E-state index is 0.0475. The van der Waals surface area contributed by atoms with Crippen molar-refractivity contribution in [2.24, 2.45) is 0 Å². The van der Waals surface area contributed by atoms with Crippen molar-refractivity contribution in [2.45, 2.75) is 18.9 Å². The van der Waals surface area contributed by atoms with Crippen molar-refractivity contribution in [3.05, 3.63) is 66.2 Å². The first kappa shape index (κ1) is 18.3. The van der Waals surface area contributed by atoms with Crippen molar-refractivity contribution in [1.29, 1.82) is 0 Å². The zero-order valence-electron chi connectivity index (χ0n) is 15.9. The summed E-state index contributed by atoms with van der Waals surface area (Å²) in [7, 11) is 1.76. The lowest BCUT2D eigenvalue weighted by molar-refractivity contribution is -0.131. The first-order valence-corrected chi connectivity index (χ1v) is 9.44. The molecule has 7 heteroatoms. The molecule has 0 saturated carbocycles. The zero-order chi connectivity index (χ0) is 19.3. The number of hydrogen-bond acceptors (Lipinski definition) is 6. The molecule has 3 aromatic rings. The molecule has 28 heavy (non-hydrogen) atoms. The van der Waals surface area contributed by atoms with E-state index in [4.69, 9.17) is 4.52 Å². The molecular formula is C21H23N5O2. The van der Waals surface area contributed by atoms with Gasteiger partial charge in [0.2, 0.25) is 17.6 Å². The van der Waals surface area contributed by atoms with Gasteiger partial charge in [0.25, 0.3) is 0 Å². The van der Waals surface area contributed by atoms with Gasteiger partial charge in [0, 0.05) is 19.8 Å². The van der Waals surface area contributed by atoms with Gasteiger partial charge in [0.15, 0.2) is 0 Å². The maximum atomic E-state index is 12.6. The fourth-order valence-electron chi connectivity index (χ4n) is 3.49. The molecular weight excluding hydrogens is 354 g/mol. The highest BCUT2D eigenvalue weighted by atomic mass is 16.5. The number of rotatable bonds is 6. The van der Waals surface area contributed by atoms with E-state index in [2.05, 4.69) is 44.3 Å². The predicted octanol–water partition coefficient (Wildman–Crippen LogP) is 2.58. The number of benzene rings is 1. The topological polar surface area (TPSA) is 75.4 Å². The standard InChI is InChI=1S/C21H23N5O2/c1-25(14-19-23-21(24-28-19)18-9-5-6-11-22-18)20(27)15-26-12-10-17(13-26)16-7-3-2-4-8-16/h2-9,11,17H,10,12-15H2,1H3/t17-/m1/s1. The lowest BCUT2D eigenvalue weighted by Gasteiger charge is -2.20. The first-order chi connectivity index (χ1) is 13.7. The average Bonchev–Trinajstić information content (AvgIpc) is 3.39. The normalized spacial score (nSPS) is 17.0. The third kappa shape index (κ3) is 4.26. The SMILES string of the molecule is CN(Cc1nc(-c2ccccn2)no1)C(=O)CN1CC[C@@H](c2ccccc2)C1. The van der Waals surface area contributed by atoms with E-state index in [1.165, 1.54) is 5.56 Å². The van der Waals surface area contributed by atoms with Gasteiger partial charge in [-0.1, -0.05) is 41.6 Å². The Balaban J connectivity index is 1.30. The van der Waals surface area contributed by atoms with Gasteiger partial charge in [-0.3, -0.25) is 14.7 Å². The molecule has 7 nitrogen and oxygen atoms in total. The summed E-state index contributed by atoms with van der Waals surface area (Å²) in [5.74, 6) is 1.38. The molecule has 0 N–H and O–H groups in total. The molecule has 0 radical (unpaired) electrons. The van der Waals surface area contributed by atoms with Gasteiger partial charge in [0.05, 0.1) is 13.1 Å². The van der Waals surface area contributed by atoms with E-state index in [0.717, 1.165) is 19.5 Å². The van der Waals surface area contributed by atoms with Crippen LogP contribution in [0.25, 0.3) is 11.5 Å². The molecule has 1 aliphatic heterocycles. The molecule has 1 fully saturated rings. The Hall–Kier alpha value is -3.06. The van der Waals surface area contributed by atoms with Crippen LogP contribution in [0.4, 0.5) is 0 Å². The second-order valence-electron chi connectivity index (χ2n) is 7.11. The first-order valence-electron chi connectivity index (χ1n) is 9.44. The van der Waals surface area contributed by atoms with Crippen LogP contribution in [0.2, 0.25) is 0 Å². The molecule has 0 spiro atoms. The summed E-state index contributed by atoms with van der Waals surface area (Å²) in [5.41, 5.74) is 1.99. The smallest absolute Gasteiger partial charge is 0.246 e. The number of hydrogen-bond donors (Lipinski definition) is 0. The highest BCUT2D eigenvalue weighted by molar-refractivity contribution is 5.78. The summed E-state index contributed by atoms with van der Waals surface area (Å²) in [4.78, 5) is 25.0. The van der Waals surface area contributed by atoms with Gasteiger partial charge < -0.3 is 9.42 Å². The Bertz CT molecular complexity index is 913. The summed E-state index contributed by atoms with van der Waals surface area (Å²) >= 11 is 0. The summed E-state index contributed by atoms with van der Waals surface area (Å²) in [6, 6.07) is 16.0. The van der Waals surface area contributed by atoms with Crippen molar-refractivity contribution in [3.63, 3.8) is 0 Å². The molecule has 1 saturated heterocycles. The van der Waals surface area contributed by atoms with Crippen LogP contribution in [0.5, 0.6) is 0 Å². The van der Waals surface area contributed by atoms with Gasteiger partial charge in [-0.2, -0.15) is 4.98 Å². The summed E-state index contributed by atoms with van der Waals surface area (Å²) in [5, 5.41) is 3.95. The summed E-state index contributed by atoms with van der Waals surface area (Å²) in [6.45, 7) is 2.53. The van der Waals surface area contributed by atoms with E-state index in [9.17, 15) is 4.79 Å². The maximum absolute atomic E-state index is 12.6. The number of aromatic nitrogens is 3. The Morgan fingerprint density at radius 1 is 1.21 bits per heavy atom. The van der Waals surface area contributed by atoms with Crippen molar-refractivity contribution in [1.82, 2.24) is 24.9 Å². The molecule has 1 amide bonds. The maximum Gasteiger partial charge on any atom is 0.246 e. The van der Waals surface area contributed by atoms with Crippen molar-refractivity contribution >= 4 is 5.91 Å². The minimum Gasteiger partial charge on any atom is -0.337 e. The second kappa shape index (κ2) is 8.31. The molecule has 0 aliphatic carbocycles. The molecule has 1 aliphatic rings. The Morgan fingerprint density at radius 2 is 2.04 bits per heavy atom. The molecule has 2 aromatic heterocycles. The molecule has 1 atom stereocenters. The second-order valence-corrected chi connectivity index (χ2v) is 7.11. The van der Waals surface area contributed by atoms with Crippen molar-refractivity contribution in [3.8, 4) is 11.5 Å². The summed E-state index contributed by atoms with van der Waals surface area (Å²) in [6.07, 6.45) is 2.76. The number of amides is 1. The van der Waals surface area contributed by atoms with Gasteiger partial charge >= 0.3 is 0 Å². The number of likely N-dealkylation sites (tertiary alicyclic amines) is 1. The average molecular weight is 377 g/mol. The zero-order valence-corrected chi connectivity index (χ0v) is 15.9. The van der Waals surface area contributed by atoms with Crippen LogP contribution in [-0.2, 0) is 11.3 Å². The molecule has 3 heterocycles. The predicted molar refractivity (Wildman–Crippen MR) is 104 cm³/mol. The quantitative estimate of drug-likeness (QED) is 0.657. The highest BCUT2D eigenvalue weighted by Crippen LogP contribution is 2.26. The number of pyridine rings is 1. The van der Waals surface area contributed by atoms with E-state index in [1.807, 2.05) is 24.3 Å². The lowest BCUT2D eigenvalue weighted by atomic mass is 9.99. The molecule has 0 unspecified atom stereocenters. The highest BCUT2D eigenvalue weighted by Gasteiger charge is 2.26. The van der Waals surface area contributed by atoms with Crippen LogP contribution < -0.4 is 0 Å². The Labute approximate surface area is 164 Å². The summed E-state index contributed by atoms with van der Waals surface area (Å²) < 4.78 is 5.28. The molecule has 0 bridgehead atoms. The van der Waals surface area contributed by atoms with Crippen molar-refractivity contribution < 1.29 is 9.32 Å². The van der Waals surface area contributed by atoms with Crippen LogP contribution >= 0.6 is 0 Å². The minimum absolute atomic E-state index is 0.0475. The van der Waals surface area contributed by atoms with Crippen LogP contribution in [0.1, 0.15) is 23.8 Å². The van der Waals surface area contributed by atoms with Crippen LogP contribution in [-0.4, -0.2) is 57.5 Å². The number of likely N-dealkylation sites (N-methyl/N-ethyl adjacent to an activating group) is 1. The molecule has 144 valence electrons. The van der Waals surface area contributed by atoms with Crippen LogP contribution in [0.3, 0.4) is 0 Å². The van der Waals surface area contributed by atoms with Gasteiger partial charge in [0.1, 0.15) is 5.69 Å². The van der Waals surface area contributed by atoms with E-state index in [-0.39, 0.29) is 12.5 Å². The lowest BCUT2D eigenvalue weighted by Crippen LogP contribution is -2.37. The van der Waals surface area contributed by atoms with E-state index in [1.54, 1.807) is 18.1 Å². The molecule has 4 rings (SSSR count). The monoisotopic (exact) mass is 377 g/mol. The third-order valence-corrected chi connectivity index (χ3v) is 5.06. The molecule has 1 aromatic carbocycles. The van der Waals surface area contributed by atoms with Gasteiger partial charge in [-0.15, -0.1) is 0 Å². The third-order valence-electron chi connectivity index (χ3n) is 5.06. The van der Waals surface area contributed by atoms with Gasteiger partial charge in [-0.05, 0) is 36.6 Å². The van der Waals surface area contributed by atoms with Gasteiger partial charge in [-0.25, -0.2) is 0 Å². The van der Waals surface area contributed by atoms with Crippen LogP contribution in [0, 0.1) is 0 Å². The van der Waals surface area contributed by atoms with E-state index >= 15 is 0 Å². The van der Waals surface area contributed by atoms with Crippen molar-refractivity contribution in [2.75, 3.05) is 26.7 Å². The Kier molecular flexibility index (Phi) is 5.43. The van der Waals surface area contributed by atoms with E-state index in [0.29, 0.717) is 29.9 Å². The number of carbonyl (C=O) groups is 1.